The molecule has 3 N–H and O–H groups in total. The maximum Gasteiger partial charge on any atom is 0.416 e. The SMILES string of the molecule is Cl.Nc1ccc2c(c1)CCCC2NC(=O)C1(c2cccc(C(F)(F)F)c2)CC1. The molecule has 7 heteroatoms. The van der Waals surface area contributed by atoms with Crippen molar-refractivity contribution in [1.29, 1.82) is 0 Å². The number of amides is 1. The number of aryl methyl sites for hydroxylation is 1. The maximum absolute atomic E-state index is 13.0. The van der Waals surface area contributed by atoms with E-state index in [1.54, 1.807) is 6.07 Å². The summed E-state index contributed by atoms with van der Waals surface area (Å²) in [6, 6.07) is 10.7. The lowest BCUT2D eigenvalue weighted by atomic mass is 9.86. The molecule has 2 aliphatic carbocycles. The predicted octanol–water partition coefficient (Wildman–Crippen LogP) is 4.93. The van der Waals surface area contributed by atoms with Gasteiger partial charge in [0, 0.05) is 5.69 Å². The van der Waals surface area contributed by atoms with E-state index in [2.05, 4.69) is 5.32 Å². The van der Waals surface area contributed by atoms with Gasteiger partial charge in [-0.1, -0.05) is 24.3 Å². The van der Waals surface area contributed by atoms with Crippen LogP contribution in [0.2, 0.25) is 0 Å². The zero-order valence-corrected chi connectivity index (χ0v) is 16.0. The average molecular weight is 411 g/mol. The van der Waals surface area contributed by atoms with Crippen molar-refractivity contribution in [2.75, 3.05) is 5.73 Å². The Kier molecular flexibility index (Phi) is 5.36. The van der Waals surface area contributed by atoms with Gasteiger partial charge in [0.05, 0.1) is 17.0 Å². The lowest BCUT2D eigenvalue weighted by Gasteiger charge is -2.28. The number of carbonyl (C=O) groups excluding carboxylic acids is 1. The molecule has 0 aromatic heterocycles. The largest absolute Gasteiger partial charge is 0.416 e. The number of nitrogens with one attached hydrogen (secondary N) is 1. The van der Waals surface area contributed by atoms with Crippen LogP contribution >= 0.6 is 12.4 Å². The Bertz CT molecular complexity index is 893. The number of nitrogens with two attached hydrogens (primary N) is 1. The normalized spacial score (nSPS) is 19.9. The summed E-state index contributed by atoms with van der Waals surface area (Å²) in [5.74, 6) is -0.184. The van der Waals surface area contributed by atoms with Crippen molar-refractivity contribution in [3.8, 4) is 0 Å². The summed E-state index contributed by atoms with van der Waals surface area (Å²) in [5.41, 5.74) is 7.64. The number of halogens is 4. The van der Waals surface area contributed by atoms with Crippen LogP contribution < -0.4 is 11.1 Å². The van der Waals surface area contributed by atoms with E-state index in [1.807, 2.05) is 18.2 Å². The van der Waals surface area contributed by atoms with Crippen LogP contribution in [0.5, 0.6) is 0 Å². The second-order valence-electron chi connectivity index (χ2n) is 7.54. The van der Waals surface area contributed by atoms with Gasteiger partial charge in [-0.25, -0.2) is 0 Å². The lowest BCUT2D eigenvalue weighted by molar-refractivity contribution is -0.137. The van der Waals surface area contributed by atoms with Crippen LogP contribution in [-0.4, -0.2) is 5.91 Å². The molecule has 3 nitrogen and oxygen atoms in total. The number of alkyl halides is 3. The molecule has 1 amide bonds. The summed E-state index contributed by atoms with van der Waals surface area (Å²) >= 11 is 0. The number of hydrogen-bond donors (Lipinski definition) is 2. The Hall–Kier alpha value is -2.21. The zero-order chi connectivity index (χ0) is 19.2. The van der Waals surface area contributed by atoms with Gasteiger partial charge in [0.1, 0.15) is 0 Å². The van der Waals surface area contributed by atoms with Crippen molar-refractivity contribution in [3.05, 3.63) is 64.7 Å². The number of anilines is 1. The fourth-order valence-corrected chi connectivity index (χ4v) is 4.05. The minimum atomic E-state index is -4.41. The van der Waals surface area contributed by atoms with E-state index in [0.717, 1.165) is 42.5 Å². The fraction of sp³-hybridized carbons (Fsp3) is 0.381. The van der Waals surface area contributed by atoms with Crippen LogP contribution in [0.25, 0.3) is 0 Å². The Morgan fingerprint density at radius 2 is 1.89 bits per heavy atom. The molecule has 2 aliphatic rings. The fourth-order valence-electron chi connectivity index (χ4n) is 4.05. The zero-order valence-electron chi connectivity index (χ0n) is 15.2. The van der Waals surface area contributed by atoms with Crippen molar-refractivity contribution >= 4 is 24.0 Å². The van der Waals surface area contributed by atoms with E-state index in [4.69, 9.17) is 5.73 Å². The minimum Gasteiger partial charge on any atom is -0.399 e. The summed E-state index contributed by atoms with van der Waals surface area (Å²) < 4.78 is 39.1. The second kappa shape index (κ2) is 7.32. The molecule has 0 spiro atoms. The summed E-state index contributed by atoms with van der Waals surface area (Å²) in [6.45, 7) is 0. The molecule has 1 atom stereocenters. The van der Waals surface area contributed by atoms with Crippen molar-refractivity contribution in [1.82, 2.24) is 5.32 Å². The van der Waals surface area contributed by atoms with Gasteiger partial charge in [-0.05, 0) is 67.0 Å². The van der Waals surface area contributed by atoms with E-state index in [0.29, 0.717) is 24.1 Å². The standard InChI is InChI=1S/C21H21F3N2O.ClH/c22-21(23,24)15-5-2-4-14(12-15)20(9-10-20)19(27)26-18-6-1-3-13-11-16(25)7-8-17(13)18;/h2,4-5,7-8,11-12,18H,1,3,6,9-10,25H2,(H,26,27);1H. The predicted molar refractivity (Wildman–Crippen MR) is 104 cm³/mol. The molecule has 0 radical (unpaired) electrons. The van der Waals surface area contributed by atoms with Gasteiger partial charge in [0.15, 0.2) is 0 Å². The van der Waals surface area contributed by atoms with Gasteiger partial charge in [-0.15, -0.1) is 12.4 Å². The van der Waals surface area contributed by atoms with Crippen LogP contribution in [0, 0.1) is 0 Å². The molecule has 0 heterocycles. The third-order valence-corrected chi connectivity index (χ3v) is 5.71. The van der Waals surface area contributed by atoms with E-state index in [-0.39, 0.29) is 24.4 Å². The molecular formula is C21H22ClF3N2O. The summed E-state index contributed by atoms with van der Waals surface area (Å²) in [7, 11) is 0. The highest BCUT2D eigenvalue weighted by Crippen LogP contribution is 2.50. The molecule has 150 valence electrons. The monoisotopic (exact) mass is 410 g/mol. The number of hydrogen-bond acceptors (Lipinski definition) is 2. The summed E-state index contributed by atoms with van der Waals surface area (Å²) in [4.78, 5) is 13.0. The first-order valence-electron chi connectivity index (χ1n) is 9.17. The Balaban J connectivity index is 0.00000225. The number of benzene rings is 2. The number of carbonyl (C=O) groups is 1. The van der Waals surface area contributed by atoms with Crippen LogP contribution in [-0.2, 0) is 22.8 Å². The molecule has 2 aromatic carbocycles. The Morgan fingerprint density at radius 1 is 1.14 bits per heavy atom. The van der Waals surface area contributed by atoms with Crippen molar-refractivity contribution in [2.24, 2.45) is 0 Å². The molecular weight excluding hydrogens is 389 g/mol. The van der Waals surface area contributed by atoms with E-state index < -0.39 is 17.2 Å². The van der Waals surface area contributed by atoms with Crippen LogP contribution in [0.4, 0.5) is 18.9 Å². The summed E-state index contributed by atoms with van der Waals surface area (Å²) in [6.07, 6.45) is -0.585. The quantitative estimate of drug-likeness (QED) is 0.704. The van der Waals surface area contributed by atoms with Gasteiger partial charge in [0.2, 0.25) is 5.91 Å². The number of rotatable bonds is 3. The minimum absolute atomic E-state index is 0. The summed E-state index contributed by atoms with van der Waals surface area (Å²) in [5, 5.41) is 3.09. The molecule has 0 bridgehead atoms. The topological polar surface area (TPSA) is 55.1 Å². The molecule has 4 rings (SSSR count). The number of nitrogen functional groups attached to an aromatic ring is 1. The third-order valence-electron chi connectivity index (χ3n) is 5.71. The first-order chi connectivity index (χ1) is 12.8. The highest BCUT2D eigenvalue weighted by atomic mass is 35.5. The highest BCUT2D eigenvalue weighted by Gasteiger charge is 2.52. The molecule has 1 saturated carbocycles. The van der Waals surface area contributed by atoms with Crippen LogP contribution in [0.15, 0.2) is 42.5 Å². The van der Waals surface area contributed by atoms with Crippen molar-refractivity contribution < 1.29 is 18.0 Å². The van der Waals surface area contributed by atoms with Crippen LogP contribution in [0.1, 0.15) is 54.0 Å². The van der Waals surface area contributed by atoms with E-state index in [1.165, 1.54) is 6.07 Å². The molecule has 1 fully saturated rings. The molecule has 1 unspecified atom stereocenters. The Labute approximate surface area is 167 Å². The van der Waals surface area contributed by atoms with Gasteiger partial charge in [0.25, 0.3) is 0 Å². The van der Waals surface area contributed by atoms with Crippen molar-refractivity contribution in [2.45, 2.75) is 49.7 Å². The van der Waals surface area contributed by atoms with E-state index >= 15 is 0 Å². The first kappa shape index (κ1) is 20.5. The molecule has 2 aromatic rings. The molecule has 0 saturated heterocycles. The number of fused-ring (bicyclic) bond motifs is 1. The van der Waals surface area contributed by atoms with Crippen LogP contribution in [0.3, 0.4) is 0 Å². The molecule has 28 heavy (non-hydrogen) atoms. The smallest absolute Gasteiger partial charge is 0.399 e. The lowest BCUT2D eigenvalue weighted by Crippen LogP contribution is -2.38. The van der Waals surface area contributed by atoms with Gasteiger partial charge >= 0.3 is 6.18 Å². The van der Waals surface area contributed by atoms with E-state index in [9.17, 15) is 18.0 Å². The average Bonchev–Trinajstić information content (AvgIpc) is 3.43. The second-order valence-corrected chi connectivity index (χ2v) is 7.54. The van der Waals surface area contributed by atoms with Gasteiger partial charge < -0.3 is 11.1 Å². The highest BCUT2D eigenvalue weighted by molar-refractivity contribution is 5.91. The third kappa shape index (κ3) is 3.70. The van der Waals surface area contributed by atoms with Crippen molar-refractivity contribution in [3.63, 3.8) is 0 Å². The van der Waals surface area contributed by atoms with Gasteiger partial charge in [-0.2, -0.15) is 13.2 Å². The maximum atomic E-state index is 13.0. The Morgan fingerprint density at radius 3 is 2.57 bits per heavy atom. The first-order valence-corrected chi connectivity index (χ1v) is 9.17. The molecule has 0 aliphatic heterocycles. The van der Waals surface area contributed by atoms with Gasteiger partial charge in [-0.3, -0.25) is 4.79 Å².